The Kier molecular flexibility index (Phi) is 5.40. The minimum atomic E-state index is -0.169. The molecule has 146 valence electrons. The first-order valence-corrected chi connectivity index (χ1v) is 9.75. The molecule has 3 aromatic carbocycles. The summed E-state index contributed by atoms with van der Waals surface area (Å²) in [5.74, 6) is -0.237. The summed E-state index contributed by atoms with van der Waals surface area (Å²) >= 11 is 0. The van der Waals surface area contributed by atoms with E-state index in [-0.39, 0.29) is 30.9 Å². The van der Waals surface area contributed by atoms with Gasteiger partial charge in [-0.3, -0.25) is 14.5 Å². The molecule has 5 nitrogen and oxygen atoms in total. The van der Waals surface area contributed by atoms with Crippen molar-refractivity contribution in [2.45, 2.75) is 6.04 Å². The average Bonchev–Trinajstić information content (AvgIpc) is 2.74. The SMILES string of the molecule is C[NH+](CC(=O)N1CC(=O)Nc2ccccc21)C(c1ccccc1)c1ccccc1. The highest BCUT2D eigenvalue weighted by Crippen LogP contribution is 2.28. The molecule has 0 radical (unpaired) electrons. The zero-order valence-electron chi connectivity index (χ0n) is 16.3. The van der Waals surface area contributed by atoms with E-state index >= 15 is 0 Å². The van der Waals surface area contributed by atoms with Crippen LogP contribution in [0, 0.1) is 0 Å². The lowest BCUT2D eigenvalue weighted by Gasteiger charge is -2.31. The number of fused-ring (bicyclic) bond motifs is 1. The van der Waals surface area contributed by atoms with Gasteiger partial charge in [0.1, 0.15) is 12.6 Å². The van der Waals surface area contributed by atoms with E-state index in [1.807, 2.05) is 67.7 Å². The summed E-state index contributed by atoms with van der Waals surface area (Å²) in [5.41, 5.74) is 3.74. The maximum absolute atomic E-state index is 13.2. The van der Waals surface area contributed by atoms with Crippen molar-refractivity contribution in [3.63, 3.8) is 0 Å². The standard InChI is InChI=1S/C24H23N3O2/c1-26(24(18-10-4-2-5-11-18)19-12-6-3-7-13-19)17-23(29)27-16-22(28)25-20-14-8-9-15-21(20)27/h2-15,24H,16-17H2,1H3,(H,25,28)/p+1. The number of rotatable bonds is 5. The second-order valence-corrected chi connectivity index (χ2v) is 7.32. The predicted octanol–water partition coefficient (Wildman–Crippen LogP) is 2.28. The smallest absolute Gasteiger partial charge is 0.282 e. The van der Waals surface area contributed by atoms with Gasteiger partial charge >= 0.3 is 0 Å². The Hall–Kier alpha value is -3.44. The third-order valence-corrected chi connectivity index (χ3v) is 5.26. The second-order valence-electron chi connectivity index (χ2n) is 7.32. The highest BCUT2D eigenvalue weighted by Gasteiger charge is 2.31. The summed E-state index contributed by atoms with van der Waals surface area (Å²) in [6.45, 7) is 0.320. The van der Waals surface area contributed by atoms with Gasteiger partial charge in [0.15, 0.2) is 6.54 Å². The number of likely N-dealkylation sites (N-methyl/N-ethyl adjacent to an activating group) is 1. The molecular formula is C24H24N3O2+. The van der Waals surface area contributed by atoms with Gasteiger partial charge in [-0.25, -0.2) is 0 Å². The third-order valence-electron chi connectivity index (χ3n) is 5.26. The summed E-state index contributed by atoms with van der Waals surface area (Å²) in [7, 11) is 2.03. The second kappa shape index (κ2) is 8.29. The van der Waals surface area contributed by atoms with Crippen LogP contribution in [0.15, 0.2) is 84.9 Å². The van der Waals surface area contributed by atoms with Gasteiger partial charge in [-0.2, -0.15) is 0 Å². The number of hydrogen-bond acceptors (Lipinski definition) is 2. The lowest BCUT2D eigenvalue weighted by atomic mass is 9.97. The summed E-state index contributed by atoms with van der Waals surface area (Å²) in [6.07, 6.45) is 0. The summed E-state index contributed by atoms with van der Waals surface area (Å²) in [6, 6.07) is 27.9. The zero-order valence-corrected chi connectivity index (χ0v) is 16.3. The molecule has 1 atom stereocenters. The number of carbonyl (C=O) groups is 2. The largest absolute Gasteiger partial charge is 0.323 e. The fourth-order valence-corrected chi connectivity index (χ4v) is 3.94. The van der Waals surface area contributed by atoms with Crippen LogP contribution in [0.25, 0.3) is 0 Å². The number of anilines is 2. The molecule has 1 aliphatic rings. The molecule has 5 heteroatoms. The number of hydrogen-bond donors (Lipinski definition) is 2. The molecule has 0 aliphatic carbocycles. The molecule has 0 aromatic heterocycles. The Balaban J connectivity index is 1.61. The first-order valence-electron chi connectivity index (χ1n) is 9.75. The quantitative estimate of drug-likeness (QED) is 0.707. The Morgan fingerprint density at radius 3 is 2.10 bits per heavy atom. The molecule has 2 N–H and O–H groups in total. The highest BCUT2D eigenvalue weighted by atomic mass is 16.2. The zero-order chi connectivity index (χ0) is 20.2. The molecule has 0 saturated carbocycles. The Labute approximate surface area is 170 Å². The number of amides is 2. The number of quaternary nitrogens is 1. The van der Waals surface area contributed by atoms with Gasteiger partial charge < -0.3 is 10.2 Å². The summed E-state index contributed by atoms with van der Waals surface area (Å²) in [5, 5.41) is 2.83. The van der Waals surface area contributed by atoms with Gasteiger partial charge in [0.05, 0.1) is 18.4 Å². The first-order chi connectivity index (χ1) is 14.1. The molecule has 2 amide bonds. The van der Waals surface area contributed by atoms with Gasteiger partial charge in [-0.1, -0.05) is 72.8 Å². The van der Waals surface area contributed by atoms with Crippen LogP contribution >= 0.6 is 0 Å². The van der Waals surface area contributed by atoms with E-state index in [1.54, 1.807) is 4.90 Å². The van der Waals surface area contributed by atoms with Gasteiger partial charge in [0.25, 0.3) is 5.91 Å². The molecule has 1 unspecified atom stereocenters. The normalized spacial score (nSPS) is 14.3. The molecule has 1 aliphatic heterocycles. The van der Waals surface area contributed by atoms with Crippen LogP contribution in [-0.2, 0) is 9.59 Å². The van der Waals surface area contributed by atoms with Gasteiger partial charge in [0.2, 0.25) is 5.91 Å². The Bertz CT molecular complexity index is 965. The van der Waals surface area contributed by atoms with Crippen LogP contribution in [0.5, 0.6) is 0 Å². The maximum atomic E-state index is 13.2. The Morgan fingerprint density at radius 1 is 0.931 bits per heavy atom. The van der Waals surface area contributed by atoms with Crippen LogP contribution in [0.2, 0.25) is 0 Å². The highest BCUT2D eigenvalue weighted by molar-refractivity contribution is 6.10. The van der Waals surface area contributed by atoms with Crippen molar-refractivity contribution in [2.75, 3.05) is 30.4 Å². The minimum Gasteiger partial charge on any atom is -0.323 e. The van der Waals surface area contributed by atoms with Gasteiger partial charge in [-0.15, -0.1) is 0 Å². The fourth-order valence-electron chi connectivity index (χ4n) is 3.94. The molecule has 4 rings (SSSR count). The van der Waals surface area contributed by atoms with Gasteiger partial charge in [0, 0.05) is 11.1 Å². The third kappa shape index (κ3) is 4.05. The summed E-state index contributed by atoms with van der Waals surface area (Å²) < 4.78 is 0. The van der Waals surface area contributed by atoms with E-state index in [0.29, 0.717) is 5.69 Å². The number of nitrogens with one attached hydrogen (secondary N) is 2. The van der Waals surface area contributed by atoms with Crippen LogP contribution in [0.1, 0.15) is 17.2 Å². The predicted molar refractivity (Wildman–Crippen MR) is 114 cm³/mol. The fraction of sp³-hybridized carbons (Fsp3) is 0.167. The topological polar surface area (TPSA) is 53.9 Å². The molecule has 0 saturated heterocycles. The van der Waals surface area contributed by atoms with Crippen molar-refractivity contribution in [3.05, 3.63) is 96.1 Å². The van der Waals surface area contributed by atoms with E-state index in [0.717, 1.165) is 21.7 Å². The first kappa shape index (κ1) is 18.9. The molecule has 3 aromatic rings. The molecule has 0 bridgehead atoms. The minimum absolute atomic E-state index is 0.0233. The molecule has 0 spiro atoms. The van der Waals surface area contributed by atoms with Crippen LogP contribution in [0.3, 0.4) is 0 Å². The molecule has 1 heterocycles. The van der Waals surface area contributed by atoms with Crippen molar-refractivity contribution in [1.82, 2.24) is 0 Å². The van der Waals surface area contributed by atoms with Crippen LogP contribution in [-0.4, -0.2) is 32.0 Å². The van der Waals surface area contributed by atoms with Crippen molar-refractivity contribution < 1.29 is 14.5 Å². The van der Waals surface area contributed by atoms with E-state index in [9.17, 15) is 9.59 Å². The maximum Gasteiger partial charge on any atom is 0.282 e. The number of para-hydroxylation sites is 2. The molecular weight excluding hydrogens is 362 g/mol. The van der Waals surface area contributed by atoms with E-state index in [2.05, 4.69) is 29.6 Å². The number of nitrogens with zero attached hydrogens (tertiary/aromatic N) is 1. The summed E-state index contributed by atoms with van der Waals surface area (Å²) in [4.78, 5) is 27.9. The monoisotopic (exact) mass is 386 g/mol. The van der Waals surface area contributed by atoms with E-state index < -0.39 is 0 Å². The van der Waals surface area contributed by atoms with Crippen molar-refractivity contribution >= 4 is 23.2 Å². The number of benzene rings is 3. The van der Waals surface area contributed by atoms with E-state index in [1.165, 1.54) is 0 Å². The molecule has 29 heavy (non-hydrogen) atoms. The number of carbonyl (C=O) groups excluding carboxylic acids is 2. The molecule has 0 fully saturated rings. The lowest BCUT2D eigenvalue weighted by Crippen LogP contribution is -3.10. The van der Waals surface area contributed by atoms with Crippen molar-refractivity contribution in [2.24, 2.45) is 0 Å². The van der Waals surface area contributed by atoms with Crippen molar-refractivity contribution in [1.29, 1.82) is 0 Å². The average molecular weight is 386 g/mol. The lowest BCUT2D eigenvalue weighted by molar-refractivity contribution is -0.897. The van der Waals surface area contributed by atoms with Crippen molar-refractivity contribution in [3.8, 4) is 0 Å². The van der Waals surface area contributed by atoms with Crippen LogP contribution in [0.4, 0.5) is 11.4 Å². The van der Waals surface area contributed by atoms with Gasteiger partial charge in [-0.05, 0) is 12.1 Å². The van der Waals surface area contributed by atoms with Crippen LogP contribution < -0.4 is 15.1 Å². The Morgan fingerprint density at radius 2 is 1.48 bits per heavy atom. The van der Waals surface area contributed by atoms with E-state index in [4.69, 9.17) is 0 Å².